The van der Waals surface area contributed by atoms with Crippen LogP contribution < -0.4 is 10.6 Å². The monoisotopic (exact) mass is 325 g/mol. The number of aromatic nitrogens is 1. The van der Waals surface area contributed by atoms with Crippen LogP contribution in [0.4, 0.5) is 10.1 Å². The molecule has 0 saturated carbocycles. The number of aryl methyl sites for hydroxylation is 1. The van der Waals surface area contributed by atoms with Crippen LogP contribution in [0, 0.1) is 5.82 Å². The lowest BCUT2D eigenvalue weighted by atomic mass is 10.2. The number of anilines is 1. The molecule has 122 valence electrons. The van der Waals surface area contributed by atoms with Crippen LogP contribution in [0.2, 0.25) is 0 Å². The van der Waals surface area contributed by atoms with Gasteiger partial charge in [-0.15, -0.1) is 0 Å². The first-order valence-electron chi connectivity index (χ1n) is 7.38. The fourth-order valence-corrected chi connectivity index (χ4v) is 2.57. The van der Waals surface area contributed by atoms with E-state index in [4.69, 9.17) is 0 Å². The Balaban J connectivity index is 1.85. The standard InChI is InChI=1S/C18H16FN3O2/c1-20-17(23)11-4-7-14(8-5-11)21-18(24)16-9-12-3-6-13(19)10-15(12)22(16)2/h3-10H,1-2H3,(H,20,23)(H,21,24). The average molecular weight is 325 g/mol. The zero-order valence-corrected chi connectivity index (χ0v) is 13.3. The molecular formula is C18H16FN3O2. The lowest BCUT2D eigenvalue weighted by Gasteiger charge is -2.07. The molecule has 0 spiro atoms. The van der Waals surface area contributed by atoms with Gasteiger partial charge in [0.2, 0.25) is 0 Å². The zero-order chi connectivity index (χ0) is 17.3. The number of carbonyl (C=O) groups is 2. The van der Waals surface area contributed by atoms with E-state index < -0.39 is 0 Å². The summed E-state index contributed by atoms with van der Waals surface area (Å²) in [6.45, 7) is 0. The molecule has 2 amide bonds. The van der Waals surface area contributed by atoms with Gasteiger partial charge in [0.15, 0.2) is 0 Å². The molecule has 3 aromatic rings. The number of hydrogen-bond donors (Lipinski definition) is 2. The Morgan fingerprint density at radius 2 is 1.71 bits per heavy atom. The Labute approximate surface area is 138 Å². The molecule has 5 nitrogen and oxygen atoms in total. The third kappa shape index (κ3) is 2.86. The molecule has 1 heterocycles. The van der Waals surface area contributed by atoms with Crippen LogP contribution >= 0.6 is 0 Å². The van der Waals surface area contributed by atoms with Gasteiger partial charge < -0.3 is 15.2 Å². The first kappa shape index (κ1) is 15.7. The number of carbonyl (C=O) groups excluding carboxylic acids is 2. The Morgan fingerprint density at radius 1 is 1.00 bits per heavy atom. The van der Waals surface area contributed by atoms with Gasteiger partial charge in [0.05, 0.1) is 5.52 Å². The maximum atomic E-state index is 13.4. The van der Waals surface area contributed by atoms with E-state index in [9.17, 15) is 14.0 Å². The number of nitrogens with zero attached hydrogens (tertiary/aromatic N) is 1. The van der Waals surface area contributed by atoms with Crippen molar-refractivity contribution in [2.24, 2.45) is 7.05 Å². The number of amides is 2. The Hall–Kier alpha value is -3.15. The van der Waals surface area contributed by atoms with Crippen molar-refractivity contribution in [3.8, 4) is 0 Å². The van der Waals surface area contributed by atoms with Gasteiger partial charge in [0.1, 0.15) is 11.5 Å². The fourth-order valence-electron chi connectivity index (χ4n) is 2.57. The van der Waals surface area contributed by atoms with Crippen LogP contribution in [0.3, 0.4) is 0 Å². The maximum absolute atomic E-state index is 13.4. The first-order valence-corrected chi connectivity index (χ1v) is 7.38. The second kappa shape index (κ2) is 6.16. The van der Waals surface area contributed by atoms with E-state index in [1.807, 2.05) is 0 Å². The maximum Gasteiger partial charge on any atom is 0.272 e. The van der Waals surface area contributed by atoms with Gasteiger partial charge in [0.25, 0.3) is 11.8 Å². The lowest BCUT2D eigenvalue weighted by Crippen LogP contribution is -2.18. The molecular weight excluding hydrogens is 309 g/mol. The SMILES string of the molecule is CNC(=O)c1ccc(NC(=O)c2cc3ccc(F)cc3n2C)cc1. The molecule has 0 radical (unpaired) electrons. The van der Waals surface area contributed by atoms with E-state index in [1.165, 1.54) is 12.1 Å². The summed E-state index contributed by atoms with van der Waals surface area (Å²) in [7, 11) is 3.27. The first-order chi connectivity index (χ1) is 11.5. The second-order valence-electron chi connectivity index (χ2n) is 5.40. The number of halogens is 1. The van der Waals surface area contributed by atoms with Gasteiger partial charge in [-0.3, -0.25) is 9.59 Å². The summed E-state index contributed by atoms with van der Waals surface area (Å²) in [5, 5.41) is 6.10. The molecule has 0 saturated heterocycles. The highest BCUT2D eigenvalue weighted by atomic mass is 19.1. The van der Waals surface area contributed by atoms with Gasteiger partial charge in [-0.1, -0.05) is 0 Å². The Morgan fingerprint density at radius 3 is 2.38 bits per heavy atom. The van der Waals surface area contributed by atoms with E-state index in [0.717, 1.165) is 5.39 Å². The minimum absolute atomic E-state index is 0.191. The van der Waals surface area contributed by atoms with Crippen molar-refractivity contribution in [3.05, 3.63) is 65.6 Å². The topological polar surface area (TPSA) is 63.1 Å². The minimum Gasteiger partial charge on any atom is -0.355 e. The van der Waals surface area contributed by atoms with E-state index in [1.54, 1.807) is 55.1 Å². The lowest BCUT2D eigenvalue weighted by molar-refractivity contribution is 0.0962. The summed E-state index contributed by atoms with van der Waals surface area (Å²) < 4.78 is 15.0. The predicted molar refractivity (Wildman–Crippen MR) is 90.7 cm³/mol. The summed E-state index contributed by atoms with van der Waals surface area (Å²) >= 11 is 0. The molecule has 6 heteroatoms. The van der Waals surface area contributed by atoms with Crippen molar-refractivity contribution in [1.29, 1.82) is 0 Å². The summed E-state index contributed by atoms with van der Waals surface area (Å²) in [5.74, 6) is -0.842. The minimum atomic E-state index is -0.347. The van der Waals surface area contributed by atoms with Gasteiger partial charge >= 0.3 is 0 Å². The van der Waals surface area contributed by atoms with Crippen molar-refractivity contribution in [2.75, 3.05) is 12.4 Å². The molecule has 1 aromatic heterocycles. The van der Waals surface area contributed by atoms with Crippen LogP contribution in [0.25, 0.3) is 10.9 Å². The molecule has 0 unspecified atom stereocenters. The van der Waals surface area contributed by atoms with E-state index in [0.29, 0.717) is 22.5 Å². The number of rotatable bonds is 3. The zero-order valence-electron chi connectivity index (χ0n) is 13.3. The third-order valence-electron chi connectivity index (χ3n) is 3.87. The van der Waals surface area contributed by atoms with Crippen LogP contribution in [0.15, 0.2) is 48.5 Å². The number of hydrogen-bond acceptors (Lipinski definition) is 2. The summed E-state index contributed by atoms with van der Waals surface area (Å²) in [6, 6.07) is 12.7. The average Bonchev–Trinajstić information content (AvgIpc) is 2.91. The van der Waals surface area contributed by atoms with Crippen molar-refractivity contribution in [2.45, 2.75) is 0 Å². The van der Waals surface area contributed by atoms with Crippen LogP contribution in [0.1, 0.15) is 20.8 Å². The normalized spacial score (nSPS) is 10.6. The Bertz CT molecular complexity index is 929. The number of fused-ring (bicyclic) bond motifs is 1. The molecule has 0 fully saturated rings. The fraction of sp³-hybridized carbons (Fsp3) is 0.111. The number of benzene rings is 2. The molecule has 2 N–H and O–H groups in total. The molecule has 0 bridgehead atoms. The molecule has 24 heavy (non-hydrogen) atoms. The van der Waals surface area contributed by atoms with E-state index in [2.05, 4.69) is 10.6 Å². The summed E-state index contributed by atoms with van der Waals surface area (Å²) in [5.41, 5.74) is 2.15. The molecule has 0 aliphatic heterocycles. The van der Waals surface area contributed by atoms with Gasteiger partial charge in [-0.2, -0.15) is 0 Å². The highest BCUT2D eigenvalue weighted by molar-refractivity contribution is 6.06. The van der Waals surface area contributed by atoms with Crippen LogP contribution in [-0.2, 0) is 7.05 Å². The van der Waals surface area contributed by atoms with Crippen molar-refractivity contribution >= 4 is 28.4 Å². The van der Waals surface area contributed by atoms with E-state index in [-0.39, 0.29) is 17.6 Å². The smallest absolute Gasteiger partial charge is 0.272 e. The van der Waals surface area contributed by atoms with Crippen molar-refractivity contribution < 1.29 is 14.0 Å². The quantitative estimate of drug-likeness (QED) is 0.778. The molecule has 0 atom stereocenters. The Kier molecular flexibility index (Phi) is 4.04. The largest absolute Gasteiger partial charge is 0.355 e. The van der Waals surface area contributed by atoms with E-state index >= 15 is 0 Å². The van der Waals surface area contributed by atoms with Crippen molar-refractivity contribution in [1.82, 2.24) is 9.88 Å². The second-order valence-corrected chi connectivity index (χ2v) is 5.40. The summed E-state index contributed by atoms with van der Waals surface area (Å²) in [4.78, 5) is 24.0. The van der Waals surface area contributed by atoms with Crippen LogP contribution in [-0.4, -0.2) is 23.4 Å². The third-order valence-corrected chi connectivity index (χ3v) is 3.87. The molecule has 0 aliphatic carbocycles. The summed E-state index contributed by atoms with van der Waals surface area (Å²) in [6.07, 6.45) is 0. The molecule has 0 aliphatic rings. The predicted octanol–water partition coefficient (Wildman–Crippen LogP) is 2.93. The highest BCUT2D eigenvalue weighted by Crippen LogP contribution is 2.21. The van der Waals surface area contributed by atoms with Gasteiger partial charge in [-0.05, 0) is 48.5 Å². The molecule has 2 aromatic carbocycles. The van der Waals surface area contributed by atoms with Gasteiger partial charge in [-0.25, -0.2) is 4.39 Å². The van der Waals surface area contributed by atoms with Gasteiger partial charge in [0, 0.05) is 30.7 Å². The van der Waals surface area contributed by atoms with Crippen LogP contribution in [0.5, 0.6) is 0 Å². The number of nitrogens with one attached hydrogen (secondary N) is 2. The highest BCUT2D eigenvalue weighted by Gasteiger charge is 2.14. The molecule has 3 rings (SSSR count). The van der Waals surface area contributed by atoms with Crippen molar-refractivity contribution in [3.63, 3.8) is 0 Å².